The Balaban J connectivity index is 2.02. The van der Waals surface area contributed by atoms with Crippen LogP contribution < -0.4 is 10.6 Å². The number of amides is 2. The topological polar surface area (TPSA) is 104 Å². The number of urea groups is 1. The van der Waals surface area contributed by atoms with Crippen molar-refractivity contribution in [2.24, 2.45) is 0 Å². The third kappa shape index (κ3) is 5.63. The van der Waals surface area contributed by atoms with E-state index in [-0.39, 0.29) is 12.5 Å². The molecule has 0 bridgehead atoms. The Morgan fingerprint density at radius 2 is 2.00 bits per heavy atom. The van der Waals surface area contributed by atoms with Crippen LogP contribution in [0.2, 0.25) is 0 Å². The van der Waals surface area contributed by atoms with E-state index in [1.165, 1.54) is 0 Å². The number of rotatable bonds is 8. The van der Waals surface area contributed by atoms with Gasteiger partial charge >= 0.3 is 12.0 Å². The lowest BCUT2D eigenvalue weighted by Gasteiger charge is -2.18. The molecule has 134 valence electrons. The Labute approximate surface area is 146 Å². The fourth-order valence-corrected chi connectivity index (χ4v) is 2.58. The zero-order valence-corrected chi connectivity index (χ0v) is 14.4. The number of aliphatic carboxylic acids is 1. The van der Waals surface area contributed by atoms with E-state index < -0.39 is 12.0 Å². The summed E-state index contributed by atoms with van der Waals surface area (Å²) < 4.78 is 5.10. The van der Waals surface area contributed by atoms with Crippen molar-refractivity contribution in [2.45, 2.75) is 45.6 Å². The fourth-order valence-electron chi connectivity index (χ4n) is 2.58. The van der Waals surface area contributed by atoms with Crippen LogP contribution in [0.3, 0.4) is 0 Å². The van der Waals surface area contributed by atoms with Crippen molar-refractivity contribution in [2.75, 3.05) is 5.32 Å². The maximum Gasteiger partial charge on any atom is 0.319 e. The van der Waals surface area contributed by atoms with Gasteiger partial charge in [-0.15, -0.1) is 0 Å². The molecular weight excluding hydrogens is 322 g/mol. The highest BCUT2D eigenvalue weighted by Crippen LogP contribution is 2.20. The van der Waals surface area contributed by atoms with E-state index in [0.29, 0.717) is 36.4 Å². The standard InChI is InChI=1S/C18H23N3O4/c1-3-15-17(12(2)25-21-15)20-18(24)19-14(9-10-16(22)23)11-13-7-5-4-6-8-13/h4-8,14H,3,9-11H2,1-2H3,(H,22,23)(H2,19,20,24). The minimum atomic E-state index is -0.886. The Kier molecular flexibility index (Phi) is 6.56. The van der Waals surface area contributed by atoms with Gasteiger partial charge in [0.25, 0.3) is 0 Å². The lowest BCUT2D eigenvalue weighted by molar-refractivity contribution is -0.137. The quantitative estimate of drug-likeness (QED) is 0.682. The molecule has 0 radical (unpaired) electrons. The van der Waals surface area contributed by atoms with Crippen LogP contribution in [-0.2, 0) is 17.6 Å². The molecule has 0 aliphatic heterocycles. The summed E-state index contributed by atoms with van der Waals surface area (Å²) >= 11 is 0. The molecule has 0 aliphatic carbocycles. The minimum absolute atomic E-state index is 0.00964. The predicted molar refractivity (Wildman–Crippen MR) is 93.6 cm³/mol. The highest BCUT2D eigenvalue weighted by Gasteiger charge is 2.18. The number of hydrogen-bond donors (Lipinski definition) is 3. The Morgan fingerprint density at radius 1 is 1.28 bits per heavy atom. The van der Waals surface area contributed by atoms with E-state index in [4.69, 9.17) is 9.63 Å². The first kappa shape index (κ1) is 18.5. The summed E-state index contributed by atoms with van der Waals surface area (Å²) in [5.41, 5.74) is 2.28. The van der Waals surface area contributed by atoms with E-state index >= 15 is 0 Å². The second-order valence-electron chi connectivity index (χ2n) is 5.83. The molecule has 0 aliphatic rings. The zero-order chi connectivity index (χ0) is 18.2. The van der Waals surface area contributed by atoms with Crippen molar-refractivity contribution in [3.8, 4) is 0 Å². The number of benzene rings is 1. The van der Waals surface area contributed by atoms with Gasteiger partial charge in [-0.2, -0.15) is 0 Å². The van der Waals surface area contributed by atoms with E-state index in [1.54, 1.807) is 6.92 Å². The van der Waals surface area contributed by atoms with E-state index in [0.717, 1.165) is 5.56 Å². The smallest absolute Gasteiger partial charge is 0.319 e. The van der Waals surface area contributed by atoms with Crippen LogP contribution in [0.5, 0.6) is 0 Å². The molecule has 1 unspecified atom stereocenters. The van der Waals surface area contributed by atoms with Crippen LogP contribution in [0.15, 0.2) is 34.9 Å². The number of nitrogens with one attached hydrogen (secondary N) is 2. The van der Waals surface area contributed by atoms with Crippen molar-refractivity contribution in [3.05, 3.63) is 47.3 Å². The maximum atomic E-state index is 12.3. The molecule has 2 rings (SSSR count). The van der Waals surface area contributed by atoms with E-state index in [9.17, 15) is 9.59 Å². The monoisotopic (exact) mass is 345 g/mol. The minimum Gasteiger partial charge on any atom is -0.481 e. The summed E-state index contributed by atoms with van der Waals surface area (Å²) in [6.07, 6.45) is 1.54. The van der Waals surface area contributed by atoms with Gasteiger partial charge in [-0.05, 0) is 31.7 Å². The summed E-state index contributed by atoms with van der Waals surface area (Å²) in [6, 6.07) is 8.96. The number of carbonyl (C=O) groups excluding carboxylic acids is 1. The molecule has 0 fully saturated rings. The first-order chi connectivity index (χ1) is 12.0. The molecule has 1 aromatic heterocycles. The highest BCUT2D eigenvalue weighted by atomic mass is 16.5. The first-order valence-corrected chi connectivity index (χ1v) is 8.28. The summed E-state index contributed by atoms with van der Waals surface area (Å²) in [4.78, 5) is 23.2. The number of hydrogen-bond acceptors (Lipinski definition) is 4. The van der Waals surface area contributed by atoms with Crippen LogP contribution in [0.25, 0.3) is 0 Å². The molecule has 1 atom stereocenters. The average molecular weight is 345 g/mol. The van der Waals surface area contributed by atoms with Crippen molar-refractivity contribution in [3.63, 3.8) is 0 Å². The number of carboxylic acid groups (broad SMARTS) is 1. The first-order valence-electron chi connectivity index (χ1n) is 8.28. The SMILES string of the molecule is CCc1noc(C)c1NC(=O)NC(CCC(=O)O)Cc1ccccc1. The van der Waals surface area contributed by atoms with Crippen LogP contribution in [0, 0.1) is 6.92 Å². The molecule has 2 amide bonds. The number of aryl methyl sites for hydroxylation is 2. The molecule has 7 nitrogen and oxygen atoms in total. The summed E-state index contributed by atoms with van der Waals surface area (Å²) in [5, 5.41) is 18.4. The van der Waals surface area contributed by atoms with Crippen LogP contribution in [0.1, 0.15) is 36.8 Å². The lowest BCUT2D eigenvalue weighted by atomic mass is 10.0. The maximum absolute atomic E-state index is 12.3. The highest BCUT2D eigenvalue weighted by molar-refractivity contribution is 5.90. The number of nitrogens with zero attached hydrogens (tertiary/aromatic N) is 1. The number of aromatic nitrogens is 1. The van der Waals surface area contributed by atoms with Gasteiger partial charge in [-0.25, -0.2) is 4.79 Å². The van der Waals surface area contributed by atoms with Crippen LogP contribution in [-0.4, -0.2) is 28.3 Å². The largest absolute Gasteiger partial charge is 0.481 e. The third-order valence-corrected chi connectivity index (χ3v) is 3.87. The van der Waals surface area contributed by atoms with Gasteiger partial charge in [0.05, 0.1) is 0 Å². The molecule has 25 heavy (non-hydrogen) atoms. The fraction of sp³-hybridized carbons (Fsp3) is 0.389. The van der Waals surface area contributed by atoms with Crippen molar-refractivity contribution in [1.82, 2.24) is 10.5 Å². The van der Waals surface area contributed by atoms with Gasteiger partial charge in [0, 0.05) is 12.5 Å². The van der Waals surface area contributed by atoms with Crippen molar-refractivity contribution >= 4 is 17.7 Å². The molecule has 3 N–H and O–H groups in total. The van der Waals surface area contributed by atoms with Crippen molar-refractivity contribution < 1.29 is 19.2 Å². The van der Waals surface area contributed by atoms with Crippen LogP contribution in [0.4, 0.5) is 10.5 Å². The molecule has 0 saturated carbocycles. The van der Waals surface area contributed by atoms with Gasteiger partial charge in [0.15, 0.2) is 5.76 Å². The lowest BCUT2D eigenvalue weighted by Crippen LogP contribution is -2.39. The zero-order valence-electron chi connectivity index (χ0n) is 14.4. The van der Waals surface area contributed by atoms with Crippen LogP contribution >= 0.6 is 0 Å². The number of carboxylic acids is 1. The summed E-state index contributed by atoms with van der Waals surface area (Å²) in [7, 11) is 0. The summed E-state index contributed by atoms with van der Waals surface area (Å²) in [5.74, 6) is -0.347. The Hall–Kier alpha value is -2.83. The second kappa shape index (κ2) is 8.86. The second-order valence-corrected chi connectivity index (χ2v) is 5.83. The normalized spacial score (nSPS) is 11.8. The average Bonchev–Trinajstić information content (AvgIpc) is 2.93. The molecule has 0 spiro atoms. The molecule has 1 heterocycles. The number of anilines is 1. The van der Waals surface area contributed by atoms with Gasteiger partial charge in [0.1, 0.15) is 11.4 Å². The third-order valence-electron chi connectivity index (χ3n) is 3.87. The Morgan fingerprint density at radius 3 is 2.64 bits per heavy atom. The van der Waals surface area contributed by atoms with Gasteiger partial charge < -0.3 is 20.3 Å². The molecule has 7 heteroatoms. The Bertz CT molecular complexity index is 712. The predicted octanol–water partition coefficient (Wildman–Crippen LogP) is 3.14. The number of carbonyl (C=O) groups is 2. The molecule has 1 aromatic carbocycles. The molecule has 0 saturated heterocycles. The molecule has 2 aromatic rings. The summed E-state index contributed by atoms with van der Waals surface area (Å²) in [6.45, 7) is 3.65. The van der Waals surface area contributed by atoms with Crippen molar-refractivity contribution in [1.29, 1.82) is 0 Å². The van der Waals surface area contributed by atoms with E-state index in [2.05, 4.69) is 15.8 Å². The molecular formula is C18H23N3O4. The van der Waals surface area contributed by atoms with E-state index in [1.807, 2.05) is 37.3 Å². The van der Waals surface area contributed by atoms with Gasteiger partial charge in [-0.1, -0.05) is 42.4 Å². The van der Waals surface area contributed by atoms with Gasteiger partial charge in [0.2, 0.25) is 0 Å². The van der Waals surface area contributed by atoms with Gasteiger partial charge in [-0.3, -0.25) is 4.79 Å².